The molecule has 1 unspecified atom stereocenters. The van der Waals surface area contributed by atoms with E-state index >= 15 is 0 Å². The van der Waals surface area contributed by atoms with Gasteiger partial charge in [0.15, 0.2) is 0 Å². The molecular weight excluding hydrogens is 354 g/mol. The number of hydrogen-bond donors (Lipinski definition) is 4. The van der Waals surface area contributed by atoms with E-state index in [9.17, 15) is 9.59 Å². The Kier molecular flexibility index (Phi) is 7.95. The van der Waals surface area contributed by atoms with Gasteiger partial charge in [0, 0.05) is 19.2 Å². The van der Waals surface area contributed by atoms with Crippen LogP contribution >= 0.6 is 0 Å². The number of carbonyl (C=O) groups excluding carboxylic acids is 2. The standard InChI is InChI=1S/C21H29N5O2/c1-3-14(2)19(23)21(28)26-17(11-15-7-5-4-6-8-15)20(27)25-13-16-9-10-18(22)24-12-16/h4-10,12,14,17,19H,3,11,13,23H2,1-2H3,(H2,22,24)(H,25,27)(H,26,28)/t14?,17-,19+/m0/s1. The first-order chi connectivity index (χ1) is 13.4. The Morgan fingerprint density at radius 2 is 1.79 bits per heavy atom. The van der Waals surface area contributed by atoms with Crippen molar-refractivity contribution < 1.29 is 9.59 Å². The quantitative estimate of drug-likeness (QED) is 0.521. The summed E-state index contributed by atoms with van der Waals surface area (Å²) in [6.45, 7) is 4.20. The van der Waals surface area contributed by atoms with Gasteiger partial charge >= 0.3 is 0 Å². The molecule has 28 heavy (non-hydrogen) atoms. The molecule has 0 bridgehead atoms. The van der Waals surface area contributed by atoms with Crippen LogP contribution in [-0.2, 0) is 22.6 Å². The molecule has 0 saturated heterocycles. The minimum absolute atomic E-state index is 0.0290. The maximum absolute atomic E-state index is 12.8. The van der Waals surface area contributed by atoms with Crippen molar-refractivity contribution in [3.63, 3.8) is 0 Å². The highest BCUT2D eigenvalue weighted by molar-refractivity contribution is 5.90. The number of nitrogens with one attached hydrogen (secondary N) is 2. The van der Waals surface area contributed by atoms with Crippen LogP contribution in [0.2, 0.25) is 0 Å². The maximum Gasteiger partial charge on any atom is 0.243 e. The number of aromatic nitrogens is 1. The number of rotatable bonds is 9. The van der Waals surface area contributed by atoms with Crippen LogP contribution in [0.4, 0.5) is 5.82 Å². The topological polar surface area (TPSA) is 123 Å². The summed E-state index contributed by atoms with van der Waals surface area (Å²) in [4.78, 5) is 29.3. The summed E-state index contributed by atoms with van der Waals surface area (Å²) < 4.78 is 0. The normalized spacial score (nSPS) is 14.0. The first-order valence-electron chi connectivity index (χ1n) is 9.48. The molecule has 0 saturated carbocycles. The highest BCUT2D eigenvalue weighted by Gasteiger charge is 2.26. The molecule has 150 valence electrons. The van der Waals surface area contributed by atoms with Gasteiger partial charge in [0.25, 0.3) is 0 Å². The number of pyridine rings is 1. The lowest BCUT2D eigenvalue weighted by atomic mass is 9.98. The van der Waals surface area contributed by atoms with Gasteiger partial charge in [0.2, 0.25) is 11.8 Å². The number of nitrogens with two attached hydrogens (primary N) is 2. The van der Waals surface area contributed by atoms with Crippen molar-refractivity contribution in [2.75, 3.05) is 5.73 Å². The van der Waals surface area contributed by atoms with Crippen molar-refractivity contribution in [1.29, 1.82) is 0 Å². The van der Waals surface area contributed by atoms with Crippen molar-refractivity contribution in [3.05, 3.63) is 59.8 Å². The van der Waals surface area contributed by atoms with Gasteiger partial charge in [-0.1, -0.05) is 56.7 Å². The van der Waals surface area contributed by atoms with Crippen molar-refractivity contribution >= 4 is 17.6 Å². The molecule has 7 heteroatoms. The van der Waals surface area contributed by atoms with Crippen LogP contribution < -0.4 is 22.1 Å². The summed E-state index contributed by atoms with van der Waals surface area (Å²) in [7, 11) is 0. The first-order valence-corrected chi connectivity index (χ1v) is 9.48. The summed E-state index contributed by atoms with van der Waals surface area (Å²) in [6, 6.07) is 11.7. The van der Waals surface area contributed by atoms with E-state index in [0.29, 0.717) is 18.8 Å². The van der Waals surface area contributed by atoms with Gasteiger partial charge in [-0.25, -0.2) is 4.98 Å². The summed E-state index contributed by atoms with van der Waals surface area (Å²) >= 11 is 0. The molecule has 0 radical (unpaired) electrons. The average Bonchev–Trinajstić information content (AvgIpc) is 2.72. The van der Waals surface area contributed by atoms with Crippen LogP contribution in [0.15, 0.2) is 48.7 Å². The van der Waals surface area contributed by atoms with Crippen LogP contribution in [0.25, 0.3) is 0 Å². The Bertz CT molecular complexity index is 764. The van der Waals surface area contributed by atoms with Crippen LogP contribution in [0.1, 0.15) is 31.4 Å². The Balaban J connectivity index is 2.06. The van der Waals surface area contributed by atoms with E-state index in [4.69, 9.17) is 11.5 Å². The van der Waals surface area contributed by atoms with Crippen molar-refractivity contribution in [1.82, 2.24) is 15.6 Å². The zero-order valence-electron chi connectivity index (χ0n) is 16.4. The fourth-order valence-electron chi connectivity index (χ4n) is 2.69. The van der Waals surface area contributed by atoms with E-state index in [1.807, 2.05) is 44.2 Å². The van der Waals surface area contributed by atoms with Crippen molar-refractivity contribution in [2.24, 2.45) is 11.7 Å². The van der Waals surface area contributed by atoms with Crippen LogP contribution in [0.5, 0.6) is 0 Å². The van der Waals surface area contributed by atoms with Crippen molar-refractivity contribution in [3.8, 4) is 0 Å². The second-order valence-corrected chi connectivity index (χ2v) is 6.97. The molecule has 2 amide bonds. The summed E-state index contributed by atoms with van der Waals surface area (Å²) in [5, 5.41) is 5.67. The minimum Gasteiger partial charge on any atom is -0.384 e. The molecule has 0 fully saturated rings. The number of amides is 2. The van der Waals surface area contributed by atoms with Gasteiger partial charge in [-0.2, -0.15) is 0 Å². The SMILES string of the molecule is CCC(C)[C@@H](N)C(=O)N[C@@H](Cc1ccccc1)C(=O)NCc1ccc(N)nc1. The van der Waals surface area contributed by atoms with Gasteiger partial charge in [0.05, 0.1) is 6.04 Å². The number of hydrogen-bond acceptors (Lipinski definition) is 5. The van der Waals surface area contributed by atoms with Gasteiger partial charge < -0.3 is 22.1 Å². The van der Waals surface area contributed by atoms with E-state index in [2.05, 4.69) is 15.6 Å². The highest BCUT2D eigenvalue weighted by atomic mass is 16.2. The smallest absolute Gasteiger partial charge is 0.243 e. The number of benzene rings is 1. The van der Waals surface area contributed by atoms with E-state index in [1.54, 1.807) is 18.3 Å². The van der Waals surface area contributed by atoms with Gasteiger partial charge in [-0.3, -0.25) is 9.59 Å². The lowest BCUT2D eigenvalue weighted by molar-refractivity contribution is -0.130. The van der Waals surface area contributed by atoms with E-state index in [-0.39, 0.29) is 17.7 Å². The van der Waals surface area contributed by atoms with Crippen LogP contribution in [0.3, 0.4) is 0 Å². The molecule has 1 heterocycles. The third-order valence-corrected chi connectivity index (χ3v) is 4.79. The van der Waals surface area contributed by atoms with Gasteiger partial charge in [-0.15, -0.1) is 0 Å². The Hall–Kier alpha value is -2.93. The Morgan fingerprint density at radius 1 is 1.07 bits per heavy atom. The van der Waals surface area contributed by atoms with Gasteiger partial charge in [0.1, 0.15) is 11.9 Å². The van der Waals surface area contributed by atoms with E-state index < -0.39 is 12.1 Å². The highest BCUT2D eigenvalue weighted by Crippen LogP contribution is 2.08. The number of nitrogens with zero attached hydrogens (tertiary/aromatic N) is 1. The molecule has 7 nitrogen and oxygen atoms in total. The van der Waals surface area contributed by atoms with Crippen molar-refractivity contribution in [2.45, 2.75) is 45.3 Å². The number of carbonyl (C=O) groups is 2. The van der Waals surface area contributed by atoms with E-state index in [0.717, 1.165) is 17.5 Å². The van der Waals surface area contributed by atoms with E-state index in [1.165, 1.54) is 0 Å². The molecule has 2 rings (SSSR count). The van der Waals surface area contributed by atoms with Crippen LogP contribution in [-0.4, -0.2) is 28.9 Å². The number of anilines is 1. The minimum atomic E-state index is -0.716. The zero-order valence-corrected chi connectivity index (χ0v) is 16.4. The maximum atomic E-state index is 12.8. The molecule has 3 atom stereocenters. The Morgan fingerprint density at radius 3 is 2.39 bits per heavy atom. The first kappa shape index (κ1) is 21.4. The lowest BCUT2D eigenvalue weighted by Crippen LogP contribution is -2.53. The summed E-state index contributed by atoms with van der Waals surface area (Å²) in [6.07, 6.45) is 2.78. The Labute approximate surface area is 165 Å². The molecule has 0 spiro atoms. The second-order valence-electron chi connectivity index (χ2n) is 6.97. The third-order valence-electron chi connectivity index (χ3n) is 4.79. The van der Waals surface area contributed by atoms with Gasteiger partial charge in [-0.05, 0) is 23.1 Å². The molecule has 2 aromatic rings. The predicted octanol–water partition coefficient (Wildman–Crippen LogP) is 1.38. The molecule has 0 aliphatic heterocycles. The monoisotopic (exact) mass is 383 g/mol. The molecule has 0 aliphatic carbocycles. The fraction of sp³-hybridized carbons (Fsp3) is 0.381. The van der Waals surface area contributed by atoms with Crippen LogP contribution in [0, 0.1) is 5.92 Å². The zero-order chi connectivity index (χ0) is 20.5. The fourth-order valence-corrected chi connectivity index (χ4v) is 2.69. The molecule has 1 aromatic heterocycles. The summed E-state index contributed by atoms with van der Waals surface area (Å²) in [5.41, 5.74) is 13.4. The third kappa shape index (κ3) is 6.35. The molecular formula is C21H29N5O2. The predicted molar refractivity (Wildman–Crippen MR) is 110 cm³/mol. The molecule has 1 aromatic carbocycles. The lowest BCUT2D eigenvalue weighted by Gasteiger charge is -2.23. The number of nitrogen functional groups attached to an aromatic ring is 1. The molecule has 6 N–H and O–H groups in total. The largest absolute Gasteiger partial charge is 0.384 e. The average molecular weight is 383 g/mol. The summed E-state index contributed by atoms with van der Waals surface area (Å²) in [5.74, 6) is -0.144. The second kappa shape index (κ2) is 10.4. The molecule has 0 aliphatic rings.